The summed E-state index contributed by atoms with van der Waals surface area (Å²) in [5.41, 5.74) is 1.83. The van der Waals surface area contributed by atoms with Crippen LogP contribution < -0.4 is 0 Å². The summed E-state index contributed by atoms with van der Waals surface area (Å²) >= 11 is 1.50. The zero-order valence-electron chi connectivity index (χ0n) is 14.5. The van der Waals surface area contributed by atoms with Gasteiger partial charge in [0.2, 0.25) is 0 Å². The van der Waals surface area contributed by atoms with Crippen LogP contribution in [-0.4, -0.2) is 29.7 Å². The zero-order chi connectivity index (χ0) is 17.4. The van der Waals surface area contributed by atoms with E-state index in [4.69, 9.17) is 0 Å². The van der Waals surface area contributed by atoms with E-state index in [2.05, 4.69) is 4.90 Å². The lowest BCUT2D eigenvalue weighted by Crippen LogP contribution is -2.45. The fourth-order valence-corrected chi connectivity index (χ4v) is 5.15. The topological polar surface area (TPSA) is 37.4 Å². The van der Waals surface area contributed by atoms with E-state index in [9.17, 15) is 9.59 Å². The van der Waals surface area contributed by atoms with Crippen LogP contribution in [-0.2, 0) is 0 Å². The van der Waals surface area contributed by atoms with Gasteiger partial charge in [0, 0.05) is 23.5 Å². The molecule has 0 radical (unpaired) electrons. The largest absolute Gasteiger partial charge is 0.338 e. The fraction of sp³-hybridized carbons (Fsp3) is 0.429. The van der Waals surface area contributed by atoms with Gasteiger partial charge < -0.3 is 4.90 Å². The highest BCUT2D eigenvalue weighted by Gasteiger charge is 2.32. The standard InChI is InChI=1S/C21H23NO2S/c1-14(23)19-9-10-20(25-19)17-5-7-18(8-6-17)21(24)22-12-15-3-2-4-16(11-15)13-22/h5-10,15-16H,2-4,11-13H2,1H3. The van der Waals surface area contributed by atoms with Gasteiger partial charge in [0.1, 0.15) is 0 Å². The SMILES string of the molecule is CC(=O)c1ccc(-c2ccc(C(=O)N3CC4CCCC(C4)C3)cc2)s1. The van der Waals surface area contributed by atoms with Gasteiger partial charge in [-0.2, -0.15) is 0 Å². The first-order valence-electron chi connectivity index (χ1n) is 9.10. The van der Waals surface area contributed by atoms with Crippen molar-refractivity contribution in [2.75, 3.05) is 13.1 Å². The smallest absolute Gasteiger partial charge is 0.253 e. The van der Waals surface area contributed by atoms with Crippen molar-refractivity contribution in [1.82, 2.24) is 4.90 Å². The van der Waals surface area contributed by atoms with Crippen molar-refractivity contribution in [3.63, 3.8) is 0 Å². The van der Waals surface area contributed by atoms with E-state index < -0.39 is 0 Å². The van der Waals surface area contributed by atoms with Crippen LogP contribution in [0.2, 0.25) is 0 Å². The van der Waals surface area contributed by atoms with Crippen molar-refractivity contribution in [2.24, 2.45) is 11.8 Å². The number of hydrogen-bond donors (Lipinski definition) is 0. The predicted octanol–water partition coefficient (Wildman–Crippen LogP) is 4.88. The van der Waals surface area contributed by atoms with Gasteiger partial charge in [-0.1, -0.05) is 18.6 Å². The maximum atomic E-state index is 12.9. The summed E-state index contributed by atoms with van der Waals surface area (Å²) in [6.07, 6.45) is 5.18. The number of ketones is 1. The van der Waals surface area contributed by atoms with E-state index in [-0.39, 0.29) is 11.7 Å². The molecule has 4 rings (SSSR count). The molecule has 1 aliphatic carbocycles. The van der Waals surface area contributed by atoms with Gasteiger partial charge in [-0.05, 0) is 67.9 Å². The third-order valence-corrected chi connectivity index (χ3v) is 6.74. The molecule has 2 unspecified atom stereocenters. The van der Waals surface area contributed by atoms with Crippen LogP contribution in [0.3, 0.4) is 0 Å². The maximum absolute atomic E-state index is 12.9. The molecular formula is C21H23NO2S. The van der Waals surface area contributed by atoms with Crippen LogP contribution in [0.15, 0.2) is 36.4 Å². The van der Waals surface area contributed by atoms with E-state index in [1.807, 2.05) is 36.4 Å². The number of fused-ring (bicyclic) bond motifs is 2. The van der Waals surface area contributed by atoms with E-state index in [1.165, 1.54) is 37.0 Å². The highest BCUT2D eigenvalue weighted by atomic mass is 32.1. The van der Waals surface area contributed by atoms with Crippen molar-refractivity contribution >= 4 is 23.0 Å². The van der Waals surface area contributed by atoms with Gasteiger partial charge >= 0.3 is 0 Å². The minimum Gasteiger partial charge on any atom is -0.338 e. The number of nitrogens with zero attached hydrogens (tertiary/aromatic N) is 1. The summed E-state index contributed by atoms with van der Waals surface area (Å²) < 4.78 is 0. The Labute approximate surface area is 152 Å². The second kappa shape index (κ2) is 6.75. The monoisotopic (exact) mass is 353 g/mol. The Morgan fingerprint density at radius 3 is 2.28 bits per heavy atom. The molecule has 2 atom stereocenters. The first-order valence-corrected chi connectivity index (χ1v) is 9.92. The number of carbonyl (C=O) groups is 2. The van der Waals surface area contributed by atoms with Crippen molar-refractivity contribution in [3.05, 3.63) is 46.8 Å². The van der Waals surface area contributed by atoms with Crippen molar-refractivity contribution in [2.45, 2.75) is 32.6 Å². The molecule has 2 aliphatic rings. The van der Waals surface area contributed by atoms with Crippen LogP contribution in [0.1, 0.15) is 52.6 Å². The van der Waals surface area contributed by atoms with Gasteiger partial charge in [0.15, 0.2) is 5.78 Å². The summed E-state index contributed by atoms with van der Waals surface area (Å²) in [6, 6.07) is 11.7. The third-order valence-electron chi connectivity index (χ3n) is 5.51. The molecule has 2 aromatic rings. The molecule has 25 heavy (non-hydrogen) atoms. The zero-order valence-corrected chi connectivity index (χ0v) is 15.3. The number of likely N-dealkylation sites (tertiary alicyclic amines) is 1. The normalized spacial score (nSPS) is 22.7. The Kier molecular flexibility index (Phi) is 4.46. The minimum atomic E-state index is 0.0960. The van der Waals surface area contributed by atoms with Gasteiger partial charge in [-0.3, -0.25) is 9.59 Å². The van der Waals surface area contributed by atoms with Gasteiger partial charge in [-0.25, -0.2) is 0 Å². The number of amides is 1. The number of rotatable bonds is 3. The summed E-state index contributed by atoms with van der Waals surface area (Å²) in [4.78, 5) is 28.2. The Balaban J connectivity index is 1.49. The second-order valence-corrected chi connectivity index (χ2v) is 8.49. The molecule has 2 bridgehead atoms. The average Bonchev–Trinajstić information content (AvgIpc) is 3.11. The first kappa shape index (κ1) is 16.5. The maximum Gasteiger partial charge on any atom is 0.253 e. The molecule has 3 nitrogen and oxygen atoms in total. The van der Waals surface area contributed by atoms with Crippen molar-refractivity contribution < 1.29 is 9.59 Å². The molecule has 0 N–H and O–H groups in total. The molecule has 4 heteroatoms. The van der Waals surface area contributed by atoms with Crippen molar-refractivity contribution in [1.29, 1.82) is 0 Å². The summed E-state index contributed by atoms with van der Waals surface area (Å²) in [7, 11) is 0. The molecule has 2 fully saturated rings. The molecule has 0 spiro atoms. The molecule has 1 saturated carbocycles. The lowest BCUT2D eigenvalue weighted by atomic mass is 9.78. The van der Waals surface area contributed by atoms with Gasteiger partial charge in [0.05, 0.1) is 4.88 Å². The molecule has 1 aromatic carbocycles. The lowest BCUT2D eigenvalue weighted by molar-refractivity contribution is 0.0504. The lowest BCUT2D eigenvalue weighted by Gasteiger charge is -2.41. The van der Waals surface area contributed by atoms with Gasteiger partial charge in [0.25, 0.3) is 5.91 Å². The Bertz CT molecular complexity index is 780. The quantitative estimate of drug-likeness (QED) is 0.738. The number of Topliss-reactive ketones (excluding diaryl/α,β-unsaturated/α-hetero) is 1. The molecule has 2 heterocycles. The summed E-state index contributed by atoms with van der Waals surface area (Å²) in [5.74, 6) is 1.66. The molecule has 1 amide bonds. The van der Waals surface area contributed by atoms with Crippen LogP contribution in [0.4, 0.5) is 0 Å². The van der Waals surface area contributed by atoms with Crippen LogP contribution in [0.25, 0.3) is 10.4 Å². The fourth-order valence-electron chi connectivity index (χ4n) is 4.24. The Morgan fingerprint density at radius 1 is 1.00 bits per heavy atom. The van der Waals surface area contributed by atoms with E-state index >= 15 is 0 Å². The number of thiophene rings is 1. The second-order valence-electron chi connectivity index (χ2n) is 7.41. The summed E-state index contributed by atoms with van der Waals surface area (Å²) in [6.45, 7) is 3.43. The highest BCUT2D eigenvalue weighted by molar-refractivity contribution is 7.17. The van der Waals surface area contributed by atoms with E-state index in [0.29, 0.717) is 11.8 Å². The average molecular weight is 353 g/mol. The number of hydrogen-bond acceptors (Lipinski definition) is 3. The third kappa shape index (κ3) is 3.40. The molecule has 1 saturated heterocycles. The molecule has 1 aliphatic heterocycles. The Morgan fingerprint density at radius 2 is 1.68 bits per heavy atom. The van der Waals surface area contributed by atoms with E-state index in [1.54, 1.807) is 6.92 Å². The molecule has 1 aromatic heterocycles. The number of piperidine rings is 1. The predicted molar refractivity (Wildman–Crippen MR) is 101 cm³/mol. The van der Waals surface area contributed by atoms with Gasteiger partial charge in [-0.15, -0.1) is 11.3 Å². The van der Waals surface area contributed by atoms with Crippen LogP contribution in [0.5, 0.6) is 0 Å². The summed E-state index contributed by atoms with van der Waals surface area (Å²) in [5, 5.41) is 0. The molecule has 130 valence electrons. The minimum absolute atomic E-state index is 0.0960. The van der Waals surface area contributed by atoms with E-state index in [0.717, 1.165) is 34.0 Å². The van der Waals surface area contributed by atoms with Crippen molar-refractivity contribution in [3.8, 4) is 10.4 Å². The molecular weight excluding hydrogens is 330 g/mol. The first-order chi connectivity index (χ1) is 12.1. The highest BCUT2D eigenvalue weighted by Crippen LogP contribution is 2.35. The number of benzene rings is 1. The van der Waals surface area contributed by atoms with Crippen LogP contribution in [0, 0.1) is 11.8 Å². The number of carbonyl (C=O) groups excluding carboxylic acids is 2. The van der Waals surface area contributed by atoms with Crippen LogP contribution >= 0.6 is 11.3 Å². The Hall–Kier alpha value is -1.94.